The minimum atomic E-state index is -4.67. The van der Waals surface area contributed by atoms with E-state index < -0.39 is 12.0 Å². The average Bonchev–Trinajstić information content (AvgIpc) is 3.28. The van der Waals surface area contributed by atoms with Crippen LogP contribution in [0.15, 0.2) is 26.8 Å². The third-order valence-electron chi connectivity index (χ3n) is 3.63. The maximum absolute atomic E-state index is 12.9. The van der Waals surface area contributed by atoms with E-state index in [1.807, 2.05) is 0 Å². The van der Waals surface area contributed by atoms with Crippen LogP contribution in [-0.2, 0) is 17.5 Å². The summed E-state index contributed by atoms with van der Waals surface area (Å²) >= 11 is 0.906. The summed E-state index contributed by atoms with van der Waals surface area (Å²) in [6.07, 6.45) is -3.38. The minimum absolute atomic E-state index is 0.0248. The Kier molecular flexibility index (Phi) is 4.01. The molecule has 0 aromatic carbocycles. The van der Waals surface area contributed by atoms with E-state index in [2.05, 4.69) is 25.5 Å². The molecule has 0 unspecified atom stereocenters. The number of rotatable bonds is 4. The summed E-state index contributed by atoms with van der Waals surface area (Å²) in [5.74, 6) is -0.936. The molecule has 0 radical (unpaired) electrons. The molecule has 0 bridgehead atoms. The molecule has 1 amide bonds. The zero-order valence-electron chi connectivity index (χ0n) is 13.0. The van der Waals surface area contributed by atoms with Crippen LogP contribution in [0.5, 0.6) is 0 Å². The highest BCUT2D eigenvalue weighted by atomic mass is 32.2. The lowest BCUT2D eigenvalue weighted by Crippen LogP contribution is -2.23. The highest BCUT2D eigenvalue weighted by molar-refractivity contribution is 7.99. The Hall–Kier alpha value is -2.70. The third-order valence-corrected chi connectivity index (χ3v) is 4.40. The van der Waals surface area contributed by atoms with E-state index in [0.29, 0.717) is 17.5 Å². The second-order valence-corrected chi connectivity index (χ2v) is 6.42. The molecule has 0 spiro atoms. The number of fused-ring (bicyclic) bond motifs is 1. The van der Waals surface area contributed by atoms with Crippen molar-refractivity contribution >= 4 is 23.3 Å². The second kappa shape index (κ2) is 6.23. The summed E-state index contributed by atoms with van der Waals surface area (Å²) < 4.78 is 44.7. The largest absolute Gasteiger partial charge is 0.453 e. The molecule has 1 aliphatic heterocycles. The fourth-order valence-corrected chi connectivity index (χ4v) is 3.13. The van der Waals surface area contributed by atoms with Gasteiger partial charge in [-0.15, -0.1) is 20.4 Å². The van der Waals surface area contributed by atoms with E-state index in [9.17, 15) is 18.0 Å². The fraction of sp³-hybridized carbons (Fsp3) is 0.385. The second-order valence-electron chi connectivity index (χ2n) is 5.45. The lowest BCUT2D eigenvalue weighted by Gasteiger charge is -2.11. The maximum Gasteiger partial charge on any atom is 0.453 e. The van der Waals surface area contributed by atoms with Gasteiger partial charge in [0.25, 0.3) is 11.0 Å². The Morgan fingerprint density at radius 3 is 2.77 bits per heavy atom. The molecule has 0 saturated carbocycles. The highest BCUT2D eigenvalue weighted by Crippen LogP contribution is 2.29. The monoisotopic (exact) mass is 385 g/mol. The molecular formula is C13H10F3N7O2S. The van der Waals surface area contributed by atoms with E-state index in [1.54, 1.807) is 4.90 Å². The summed E-state index contributed by atoms with van der Waals surface area (Å²) in [6, 6.07) is 2.83. The molecule has 1 saturated heterocycles. The zero-order chi connectivity index (χ0) is 18.3. The van der Waals surface area contributed by atoms with Crippen molar-refractivity contribution in [1.82, 2.24) is 34.9 Å². The van der Waals surface area contributed by atoms with Crippen molar-refractivity contribution in [3.8, 4) is 0 Å². The molecule has 1 aliphatic rings. The van der Waals surface area contributed by atoms with Gasteiger partial charge in [0.05, 0.1) is 6.54 Å². The van der Waals surface area contributed by atoms with Gasteiger partial charge in [0.1, 0.15) is 5.03 Å². The Morgan fingerprint density at radius 1 is 1.19 bits per heavy atom. The zero-order valence-corrected chi connectivity index (χ0v) is 13.8. The lowest BCUT2D eigenvalue weighted by atomic mass is 10.4. The van der Waals surface area contributed by atoms with Crippen molar-refractivity contribution < 1.29 is 22.4 Å². The minimum Gasteiger partial charge on any atom is -0.414 e. The Morgan fingerprint density at radius 2 is 2.04 bits per heavy atom. The summed E-state index contributed by atoms with van der Waals surface area (Å²) in [5.41, 5.74) is -0.0274. The molecule has 26 heavy (non-hydrogen) atoms. The molecule has 0 aliphatic carbocycles. The van der Waals surface area contributed by atoms with Gasteiger partial charge >= 0.3 is 6.18 Å². The smallest absolute Gasteiger partial charge is 0.414 e. The van der Waals surface area contributed by atoms with Gasteiger partial charge < -0.3 is 9.32 Å². The molecule has 136 valence electrons. The Labute approximate surface area is 147 Å². The van der Waals surface area contributed by atoms with Gasteiger partial charge in [-0.25, -0.2) is 0 Å². The van der Waals surface area contributed by atoms with Gasteiger partial charge in [-0.2, -0.15) is 22.8 Å². The number of nitrogens with zero attached hydrogens (tertiary/aromatic N) is 7. The molecule has 4 heterocycles. The van der Waals surface area contributed by atoms with E-state index in [1.165, 1.54) is 12.1 Å². The van der Waals surface area contributed by atoms with Crippen LogP contribution in [0.2, 0.25) is 0 Å². The van der Waals surface area contributed by atoms with E-state index in [0.717, 1.165) is 18.2 Å². The number of amides is 1. The van der Waals surface area contributed by atoms with Crippen LogP contribution in [0.1, 0.15) is 24.6 Å². The van der Waals surface area contributed by atoms with Crippen molar-refractivity contribution in [3.63, 3.8) is 0 Å². The van der Waals surface area contributed by atoms with Gasteiger partial charge in [0.2, 0.25) is 11.8 Å². The van der Waals surface area contributed by atoms with Gasteiger partial charge in [-0.1, -0.05) is 0 Å². The molecule has 1 fully saturated rings. The number of alkyl halides is 3. The number of halogens is 3. The summed E-state index contributed by atoms with van der Waals surface area (Å²) in [7, 11) is 0. The molecule has 0 N–H and O–H groups in total. The van der Waals surface area contributed by atoms with Crippen LogP contribution in [0.3, 0.4) is 0 Å². The average molecular weight is 385 g/mol. The molecular weight excluding hydrogens is 375 g/mol. The van der Waals surface area contributed by atoms with Crippen molar-refractivity contribution in [2.45, 2.75) is 35.8 Å². The first-order valence-electron chi connectivity index (χ1n) is 7.48. The van der Waals surface area contributed by atoms with Gasteiger partial charge in [0, 0.05) is 13.0 Å². The quantitative estimate of drug-likeness (QED) is 0.670. The van der Waals surface area contributed by atoms with Crippen LogP contribution in [0.4, 0.5) is 13.2 Å². The predicted octanol–water partition coefficient (Wildman–Crippen LogP) is 1.80. The van der Waals surface area contributed by atoms with E-state index in [-0.39, 0.29) is 34.2 Å². The first kappa shape index (κ1) is 16.8. The van der Waals surface area contributed by atoms with Gasteiger partial charge in [-0.05, 0) is 30.3 Å². The van der Waals surface area contributed by atoms with Crippen molar-refractivity contribution in [2.75, 3.05) is 6.54 Å². The fourth-order valence-electron chi connectivity index (χ4n) is 2.47. The topological polar surface area (TPSA) is 102 Å². The molecule has 9 nitrogen and oxygen atoms in total. The lowest BCUT2D eigenvalue weighted by molar-refractivity contribution is -0.146. The number of hydrogen-bond acceptors (Lipinski definition) is 8. The van der Waals surface area contributed by atoms with E-state index >= 15 is 0 Å². The number of likely N-dealkylation sites (tertiary alicyclic amines) is 1. The first-order valence-corrected chi connectivity index (χ1v) is 8.29. The van der Waals surface area contributed by atoms with Crippen LogP contribution < -0.4 is 0 Å². The summed E-state index contributed by atoms with van der Waals surface area (Å²) in [6.45, 7) is 0.846. The molecule has 3 aromatic heterocycles. The van der Waals surface area contributed by atoms with Crippen LogP contribution in [-0.4, -0.2) is 47.4 Å². The van der Waals surface area contributed by atoms with Crippen LogP contribution in [0, 0.1) is 0 Å². The van der Waals surface area contributed by atoms with Gasteiger partial charge in [-0.3, -0.25) is 4.79 Å². The molecule has 0 atom stereocenters. The van der Waals surface area contributed by atoms with Gasteiger partial charge in [0.15, 0.2) is 5.65 Å². The standard InChI is InChI=1S/C13H10F3N7O2S/c14-13(15,16)11-19-17-7-3-4-9(21-23(7)11)26-12-20-18-8(25-12)6-22-5-1-2-10(22)24/h3-4H,1-2,5-6H2. The summed E-state index contributed by atoms with van der Waals surface area (Å²) in [5, 5.41) is 18.4. The first-order chi connectivity index (χ1) is 12.4. The number of carbonyl (C=O) groups is 1. The Bertz CT molecular complexity index is 970. The van der Waals surface area contributed by atoms with E-state index in [4.69, 9.17) is 4.42 Å². The number of aromatic nitrogens is 6. The van der Waals surface area contributed by atoms with Crippen molar-refractivity contribution in [1.29, 1.82) is 0 Å². The SMILES string of the molecule is O=C1CCCN1Cc1nnc(Sc2ccc3nnc(C(F)(F)F)n3n2)o1. The molecule has 3 aromatic rings. The maximum atomic E-state index is 12.9. The molecule has 4 rings (SSSR count). The number of hydrogen-bond donors (Lipinski definition) is 0. The Balaban J connectivity index is 1.53. The molecule has 13 heteroatoms. The van der Waals surface area contributed by atoms with Crippen molar-refractivity contribution in [2.24, 2.45) is 0 Å². The number of carbonyl (C=O) groups excluding carboxylic acids is 1. The van der Waals surface area contributed by atoms with Crippen molar-refractivity contribution in [3.05, 3.63) is 23.8 Å². The highest BCUT2D eigenvalue weighted by Gasteiger charge is 2.37. The third kappa shape index (κ3) is 3.21. The summed E-state index contributed by atoms with van der Waals surface area (Å²) in [4.78, 5) is 13.2. The normalized spacial score (nSPS) is 15.3. The predicted molar refractivity (Wildman–Crippen MR) is 78.9 cm³/mol. The van der Waals surface area contributed by atoms with Crippen LogP contribution in [0.25, 0.3) is 5.65 Å². The van der Waals surface area contributed by atoms with Crippen LogP contribution >= 0.6 is 11.8 Å².